The molecule has 1 amide bonds. The first-order valence-corrected chi connectivity index (χ1v) is 9.01. The highest BCUT2D eigenvalue weighted by atomic mass is 32.2. The van der Waals surface area contributed by atoms with Crippen molar-refractivity contribution in [2.75, 3.05) is 20.2 Å². The Balaban J connectivity index is 2.25. The molecular formula is C17H21F2N3O3S. The molecule has 6 nitrogen and oxygen atoms in total. The lowest BCUT2D eigenvalue weighted by Crippen LogP contribution is -2.39. The smallest absolute Gasteiger partial charge is 0.310 e. The molecule has 1 unspecified atom stereocenters. The molecule has 0 N–H and O–H groups in total. The molecule has 0 aliphatic rings. The number of rotatable bonds is 8. The van der Waals surface area contributed by atoms with Crippen LogP contribution in [0.15, 0.2) is 29.4 Å². The van der Waals surface area contributed by atoms with Gasteiger partial charge in [0.05, 0.1) is 24.1 Å². The van der Waals surface area contributed by atoms with Crippen LogP contribution in [0.3, 0.4) is 0 Å². The zero-order valence-corrected chi connectivity index (χ0v) is 15.6. The molecule has 0 saturated carbocycles. The van der Waals surface area contributed by atoms with E-state index in [0.29, 0.717) is 29.3 Å². The van der Waals surface area contributed by atoms with Gasteiger partial charge in [-0.1, -0.05) is 19.1 Å². The molecule has 0 aliphatic heterocycles. The van der Waals surface area contributed by atoms with Gasteiger partial charge < -0.3 is 14.2 Å². The highest BCUT2D eigenvalue weighted by Crippen LogP contribution is 2.28. The number of nitrogens with zero attached hydrogens (tertiary/aromatic N) is 3. The normalized spacial score (nSPS) is 12.4. The van der Waals surface area contributed by atoms with E-state index in [-0.39, 0.29) is 24.2 Å². The number of esters is 1. The topological polar surface area (TPSA) is 64.4 Å². The molecule has 0 fully saturated rings. The summed E-state index contributed by atoms with van der Waals surface area (Å²) >= 11 is 0.308. The standard InChI is InChI=1S/C17H21F2N3O3S/c1-4-21(9-11(2)15(24)25-3)14(23)10-22-13-8-6-5-7-12(13)20-17(22)26-16(18)19/h5-8,11,16H,4,9-10H2,1-3H3. The second-order valence-electron chi connectivity index (χ2n) is 5.70. The molecule has 2 rings (SSSR count). The molecule has 0 spiro atoms. The van der Waals surface area contributed by atoms with Crippen molar-refractivity contribution >= 4 is 34.7 Å². The van der Waals surface area contributed by atoms with Gasteiger partial charge in [-0.2, -0.15) is 8.78 Å². The van der Waals surface area contributed by atoms with Gasteiger partial charge in [0.25, 0.3) is 5.76 Å². The van der Waals surface area contributed by atoms with Crippen LogP contribution < -0.4 is 0 Å². The number of para-hydroxylation sites is 2. The Morgan fingerprint density at radius 1 is 1.35 bits per heavy atom. The van der Waals surface area contributed by atoms with Crippen LogP contribution in [0.2, 0.25) is 0 Å². The van der Waals surface area contributed by atoms with Gasteiger partial charge in [0, 0.05) is 13.1 Å². The Labute approximate surface area is 154 Å². The number of carbonyl (C=O) groups is 2. The highest BCUT2D eigenvalue weighted by molar-refractivity contribution is 7.99. The maximum absolute atomic E-state index is 12.9. The molecule has 9 heteroatoms. The first-order chi connectivity index (χ1) is 12.4. The van der Waals surface area contributed by atoms with Crippen LogP contribution in [0.5, 0.6) is 0 Å². The van der Waals surface area contributed by atoms with Crippen LogP contribution in [0.4, 0.5) is 8.78 Å². The van der Waals surface area contributed by atoms with Gasteiger partial charge in [-0.15, -0.1) is 0 Å². The van der Waals surface area contributed by atoms with E-state index in [4.69, 9.17) is 0 Å². The number of aromatic nitrogens is 2. The summed E-state index contributed by atoms with van der Waals surface area (Å²) in [4.78, 5) is 30.0. The molecule has 0 bridgehead atoms. The minimum atomic E-state index is -2.64. The van der Waals surface area contributed by atoms with Crippen molar-refractivity contribution in [3.63, 3.8) is 0 Å². The monoisotopic (exact) mass is 385 g/mol. The average molecular weight is 385 g/mol. The minimum absolute atomic E-state index is 0.0895. The summed E-state index contributed by atoms with van der Waals surface area (Å²) in [6.45, 7) is 3.93. The fraction of sp³-hybridized carbons (Fsp3) is 0.471. The molecule has 1 aromatic carbocycles. The van der Waals surface area contributed by atoms with Crippen LogP contribution in [0.1, 0.15) is 13.8 Å². The van der Waals surface area contributed by atoms with Gasteiger partial charge in [0.15, 0.2) is 5.16 Å². The lowest BCUT2D eigenvalue weighted by Gasteiger charge is -2.24. The maximum atomic E-state index is 12.9. The summed E-state index contributed by atoms with van der Waals surface area (Å²) in [7, 11) is 1.29. The number of amides is 1. The van der Waals surface area contributed by atoms with Gasteiger partial charge in [-0.3, -0.25) is 9.59 Å². The van der Waals surface area contributed by atoms with Crippen molar-refractivity contribution in [3.05, 3.63) is 24.3 Å². The van der Waals surface area contributed by atoms with Crippen LogP contribution >= 0.6 is 11.8 Å². The van der Waals surface area contributed by atoms with Crippen molar-refractivity contribution in [3.8, 4) is 0 Å². The van der Waals surface area contributed by atoms with Gasteiger partial charge in [0.2, 0.25) is 5.91 Å². The van der Waals surface area contributed by atoms with Crippen LogP contribution in [-0.2, 0) is 20.9 Å². The summed E-state index contributed by atoms with van der Waals surface area (Å²) in [5, 5.41) is 0.0895. The van der Waals surface area contributed by atoms with Crippen LogP contribution in [0.25, 0.3) is 11.0 Å². The van der Waals surface area contributed by atoms with E-state index in [1.165, 1.54) is 16.6 Å². The molecule has 26 heavy (non-hydrogen) atoms. The number of likely N-dealkylation sites (N-methyl/N-ethyl adjacent to an activating group) is 1. The Hall–Kier alpha value is -2.16. The molecule has 1 atom stereocenters. The minimum Gasteiger partial charge on any atom is -0.469 e. The second kappa shape index (κ2) is 8.98. The molecular weight excluding hydrogens is 364 g/mol. The third-order valence-electron chi connectivity index (χ3n) is 3.94. The van der Waals surface area contributed by atoms with Crippen molar-refractivity contribution < 1.29 is 23.1 Å². The number of benzene rings is 1. The van der Waals surface area contributed by atoms with E-state index in [1.807, 2.05) is 0 Å². The second-order valence-corrected chi connectivity index (χ2v) is 6.66. The number of methoxy groups -OCH3 is 1. The zero-order chi connectivity index (χ0) is 19.3. The number of fused-ring (bicyclic) bond motifs is 1. The van der Waals surface area contributed by atoms with Gasteiger partial charge in [-0.25, -0.2) is 4.98 Å². The van der Waals surface area contributed by atoms with Crippen molar-refractivity contribution in [1.82, 2.24) is 14.5 Å². The summed E-state index contributed by atoms with van der Waals surface area (Å²) in [6, 6.07) is 6.97. The number of hydrogen-bond donors (Lipinski definition) is 0. The van der Waals surface area contributed by atoms with E-state index in [0.717, 1.165) is 0 Å². The van der Waals surface area contributed by atoms with Gasteiger partial charge in [0.1, 0.15) is 6.54 Å². The molecule has 1 aromatic heterocycles. The maximum Gasteiger partial charge on any atom is 0.310 e. The Kier molecular flexibility index (Phi) is 6.96. The summed E-state index contributed by atoms with van der Waals surface area (Å²) < 4.78 is 31.9. The van der Waals surface area contributed by atoms with E-state index in [2.05, 4.69) is 9.72 Å². The van der Waals surface area contributed by atoms with E-state index in [9.17, 15) is 18.4 Å². The zero-order valence-electron chi connectivity index (χ0n) is 14.8. The number of thioether (sulfide) groups is 1. The molecule has 142 valence electrons. The number of alkyl halides is 2. The fourth-order valence-corrected chi connectivity index (χ4v) is 3.23. The predicted octanol–water partition coefficient (Wildman–Crippen LogP) is 3.01. The third-order valence-corrected chi connectivity index (χ3v) is 4.64. The summed E-state index contributed by atoms with van der Waals surface area (Å²) in [5.74, 6) is -3.79. The number of hydrogen-bond acceptors (Lipinski definition) is 5. The lowest BCUT2D eigenvalue weighted by molar-refractivity contribution is -0.146. The van der Waals surface area contributed by atoms with Crippen molar-refractivity contribution in [2.45, 2.75) is 31.3 Å². The summed E-state index contributed by atoms with van der Waals surface area (Å²) in [6.07, 6.45) is 0. The first kappa shape index (κ1) is 20.2. The predicted molar refractivity (Wildman–Crippen MR) is 95.0 cm³/mol. The number of carbonyl (C=O) groups excluding carboxylic acids is 2. The molecule has 0 aliphatic carbocycles. The lowest BCUT2D eigenvalue weighted by atomic mass is 10.1. The van der Waals surface area contributed by atoms with Crippen LogP contribution in [0, 0.1) is 5.92 Å². The molecule has 0 saturated heterocycles. The molecule has 0 radical (unpaired) electrons. The van der Waals surface area contributed by atoms with Gasteiger partial charge in [-0.05, 0) is 30.8 Å². The average Bonchev–Trinajstić information content (AvgIpc) is 2.95. The van der Waals surface area contributed by atoms with E-state index < -0.39 is 17.6 Å². The van der Waals surface area contributed by atoms with E-state index >= 15 is 0 Å². The Morgan fingerprint density at radius 3 is 2.65 bits per heavy atom. The van der Waals surface area contributed by atoms with Crippen molar-refractivity contribution in [1.29, 1.82) is 0 Å². The fourth-order valence-electron chi connectivity index (χ4n) is 2.62. The quantitative estimate of drug-likeness (QED) is 0.516. The Bertz CT molecular complexity index is 782. The number of halogens is 2. The first-order valence-electron chi connectivity index (χ1n) is 8.13. The summed E-state index contributed by atoms with van der Waals surface area (Å²) in [5.41, 5.74) is 1.16. The van der Waals surface area contributed by atoms with E-state index in [1.54, 1.807) is 38.1 Å². The largest absolute Gasteiger partial charge is 0.469 e. The number of imidazole rings is 1. The van der Waals surface area contributed by atoms with Crippen LogP contribution in [-0.4, -0.2) is 52.3 Å². The number of ether oxygens (including phenoxy) is 1. The SMILES string of the molecule is CCN(CC(C)C(=O)OC)C(=O)Cn1c(SC(F)F)nc2ccccc21. The highest BCUT2D eigenvalue weighted by Gasteiger charge is 2.23. The van der Waals surface area contributed by atoms with Gasteiger partial charge >= 0.3 is 5.97 Å². The molecule has 1 heterocycles. The Morgan fingerprint density at radius 2 is 2.04 bits per heavy atom. The van der Waals surface area contributed by atoms with Crippen molar-refractivity contribution in [2.24, 2.45) is 5.92 Å². The third kappa shape index (κ3) is 4.72. The molecule has 2 aromatic rings.